The molecule has 168 valence electrons. The van der Waals surface area contributed by atoms with Gasteiger partial charge in [0, 0.05) is 30.8 Å². The number of guanidine groups is 1. The summed E-state index contributed by atoms with van der Waals surface area (Å²) in [5, 5.41) is 3.26. The van der Waals surface area contributed by atoms with Crippen LogP contribution in [0.4, 0.5) is 10.1 Å². The molecule has 0 radical (unpaired) electrons. The molecule has 31 heavy (non-hydrogen) atoms. The van der Waals surface area contributed by atoms with Crippen molar-refractivity contribution in [1.29, 1.82) is 0 Å². The Balaban J connectivity index is 0.00000272. The minimum absolute atomic E-state index is 0. The third kappa shape index (κ3) is 5.72. The zero-order valence-electron chi connectivity index (χ0n) is 17.3. The van der Waals surface area contributed by atoms with E-state index >= 15 is 0 Å². The van der Waals surface area contributed by atoms with E-state index in [1.54, 1.807) is 6.07 Å². The van der Waals surface area contributed by atoms with Crippen LogP contribution in [0.2, 0.25) is 5.02 Å². The minimum atomic E-state index is -0.396. The monoisotopic (exact) mass is 560 g/mol. The summed E-state index contributed by atoms with van der Waals surface area (Å²) in [5.74, 6) is 1.61. The van der Waals surface area contributed by atoms with Gasteiger partial charge >= 0.3 is 0 Å². The highest BCUT2D eigenvalue weighted by Gasteiger charge is 2.33. The molecule has 2 aromatic rings. The van der Waals surface area contributed by atoms with Crippen LogP contribution in [0.3, 0.4) is 0 Å². The average Bonchev–Trinajstić information content (AvgIpc) is 2.94. The van der Waals surface area contributed by atoms with Gasteiger partial charge in [0.2, 0.25) is 0 Å². The Morgan fingerprint density at radius 2 is 2.00 bits per heavy atom. The molecule has 2 atom stereocenters. The number of rotatable bonds is 4. The molecule has 3 N–H and O–H groups in total. The first-order valence-corrected chi connectivity index (χ1v) is 10.5. The largest absolute Gasteiger partial charge is 0.490 e. The minimum Gasteiger partial charge on any atom is -0.490 e. The lowest BCUT2D eigenvalue weighted by atomic mass is 9.94. The molecule has 1 fully saturated rings. The van der Waals surface area contributed by atoms with Crippen LogP contribution in [-0.2, 0) is 0 Å². The molecule has 0 spiro atoms. The van der Waals surface area contributed by atoms with Gasteiger partial charge in [-0.3, -0.25) is 9.89 Å². The standard InChI is InChI=1S/C22H26ClFN4O2.HI/c1-28-8-7-15(21(28)14-3-5-17(23)18(24)11-14)13-26-22(25)27-16-4-6-19-20(12-16)30-10-2-9-29-19;/h3-6,11-12,15,21H,2,7-10,13H2,1H3,(H3,25,26,27);1H. The van der Waals surface area contributed by atoms with Crippen molar-refractivity contribution in [2.45, 2.75) is 18.9 Å². The zero-order chi connectivity index (χ0) is 21.1. The fraction of sp³-hybridized carbons (Fsp3) is 0.409. The van der Waals surface area contributed by atoms with Crippen molar-refractivity contribution < 1.29 is 13.9 Å². The predicted octanol–water partition coefficient (Wildman–Crippen LogP) is 4.68. The van der Waals surface area contributed by atoms with Crippen molar-refractivity contribution in [3.8, 4) is 11.5 Å². The van der Waals surface area contributed by atoms with Crippen molar-refractivity contribution in [3.63, 3.8) is 0 Å². The van der Waals surface area contributed by atoms with Crippen LogP contribution in [0, 0.1) is 11.7 Å². The van der Waals surface area contributed by atoms with Gasteiger partial charge in [-0.05, 0) is 55.8 Å². The molecule has 2 aliphatic heterocycles. The van der Waals surface area contributed by atoms with Crippen LogP contribution in [-0.4, -0.2) is 44.2 Å². The molecule has 2 heterocycles. The summed E-state index contributed by atoms with van der Waals surface area (Å²) in [6.07, 6.45) is 1.82. The van der Waals surface area contributed by atoms with Gasteiger partial charge < -0.3 is 20.5 Å². The molecular formula is C22H27ClFIN4O2. The summed E-state index contributed by atoms with van der Waals surface area (Å²) in [7, 11) is 2.04. The first-order chi connectivity index (χ1) is 14.5. The summed E-state index contributed by atoms with van der Waals surface area (Å²) < 4.78 is 25.3. The van der Waals surface area contributed by atoms with E-state index in [-0.39, 0.29) is 41.0 Å². The van der Waals surface area contributed by atoms with Crippen molar-refractivity contribution >= 4 is 47.2 Å². The van der Waals surface area contributed by atoms with Crippen LogP contribution >= 0.6 is 35.6 Å². The van der Waals surface area contributed by atoms with Gasteiger partial charge in [0.1, 0.15) is 5.82 Å². The summed E-state index contributed by atoms with van der Waals surface area (Å²) in [5.41, 5.74) is 7.83. The van der Waals surface area contributed by atoms with E-state index in [2.05, 4.69) is 15.2 Å². The summed E-state index contributed by atoms with van der Waals surface area (Å²) in [6.45, 7) is 2.74. The average molecular weight is 561 g/mol. The SMILES string of the molecule is CN1CCC(CN=C(N)Nc2ccc3c(c2)OCCCO3)C1c1ccc(Cl)c(F)c1.I. The highest BCUT2D eigenvalue weighted by Crippen LogP contribution is 2.37. The van der Waals surface area contributed by atoms with Gasteiger partial charge in [0.25, 0.3) is 0 Å². The number of nitrogens with two attached hydrogens (primary N) is 1. The van der Waals surface area contributed by atoms with E-state index in [9.17, 15) is 4.39 Å². The van der Waals surface area contributed by atoms with Gasteiger partial charge in [0.05, 0.1) is 18.2 Å². The van der Waals surface area contributed by atoms with E-state index in [4.69, 9.17) is 26.8 Å². The number of ether oxygens (including phenoxy) is 2. The van der Waals surface area contributed by atoms with Crippen LogP contribution < -0.4 is 20.5 Å². The topological polar surface area (TPSA) is 72.1 Å². The second-order valence-electron chi connectivity index (χ2n) is 7.71. The Labute approximate surface area is 204 Å². The van der Waals surface area contributed by atoms with Crippen molar-refractivity contribution in [3.05, 3.63) is 52.8 Å². The Morgan fingerprint density at radius 1 is 1.23 bits per heavy atom. The van der Waals surface area contributed by atoms with Crippen LogP contribution in [0.1, 0.15) is 24.4 Å². The van der Waals surface area contributed by atoms with Crippen LogP contribution in [0.5, 0.6) is 11.5 Å². The summed E-state index contributed by atoms with van der Waals surface area (Å²) in [4.78, 5) is 6.77. The highest BCUT2D eigenvalue weighted by atomic mass is 127. The van der Waals surface area contributed by atoms with Gasteiger partial charge in [0.15, 0.2) is 17.5 Å². The molecule has 0 bridgehead atoms. The van der Waals surface area contributed by atoms with E-state index in [0.717, 1.165) is 36.4 Å². The number of hydrogen-bond donors (Lipinski definition) is 2. The smallest absolute Gasteiger partial charge is 0.193 e. The molecule has 0 amide bonds. The number of halogens is 3. The van der Waals surface area contributed by atoms with Gasteiger partial charge in [-0.1, -0.05) is 17.7 Å². The normalized spacial score (nSPS) is 21.3. The fourth-order valence-corrected chi connectivity index (χ4v) is 4.20. The quantitative estimate of drug-likeness (QED) is 0.323. The maximum atomic E-state index is 14.0. The number of benzene rings is 2. The van der Waals surface area contributed by atoms with Gasteiger partial charge in [-0.25, -0.2) is 4.39 Å². The molecule has 4 rings (SSSR count). The predicted molar refractivity (Wildman–Crippen MR) is 132 cm³/mol. The Hall–Kier alpha value is -1.78. The number of hydrogen-bond acceptors (Lipinski definition) is 4. The number of anilines is 1. The van der Waals surface area contributed by atoms with Crippen molar-refractivity contribution in [1.82, 2.24) is 4.90 Å². The van der Waals surface area contributed by atoms with Crippen LogP contribution in [0.15, 0.2) is 41.4 Å². The Bertz CT molecular complexity index is 946. The van der Waals surface area contributed by atoms with E-state index < -0.39 is 5.82 Å². The molecule has 0 saturated carbocycles. The summed E-state index contributed by atoms with van der Waals surface area (Å²) >= 11 is 5.84. The second-order valence-corrected chi connectivity index (χ2v) is 8.12. The number of likely N-dealkylation sites (tertiary alicyclic amines) is 1. The first kappa shape index (κ1) is 23.9. The van der Waals surface area contributed by atoms with E-state index in [0.29, 0.717) is 31.5 Å². The number of fused-ring (bicyclic) bond motifs is 1. The Morgan fingerprint density at radius 3 is 2.77 bits per heavy atom. The molecular weight excluding hydrogens is 534 g/mol. The number of nitrogens with one attached hydrogen (secondary N) is 1. The van der Waals surface area contributed by atoms with Gasteiger partial charge in [-0.2, -0.15) is 0 Å². The van der Waals surface area contributed by atoms with Crippen molar-refractivity contribution in [2.75, 3.05) is 38.7 Å². The molecule has 1 saturated heterocycles. The second kappa shape index (κ2) is 10.7. The maximum absolute atomic E-state index is 14.0. The van der Waals surface area contributed by atoms with Crippen molar-refractivity contribution in [2.24, 2.45) is 16.6 Å². The lowest BCUT2D eigenvalue weighted by Gasteiger charge is -2.25. The zero-order valence-corrected chi connectivity index (χ0v) is 20.4. The van der Waals surface area contributed by atoms with E-state index in [1.807, 2.05) is 31.3 Å². The third-order valence-corrected chi connectivity index (χ3v) is 5.88. The summed E-state index contributed by atoms with van der Waals surface area (Å²) in [6, 6.07) is 10.7. The lowest BCUT2D eigenvalue weighted by molar-refractivity contribution is 0.279. The maximum Gasteiger partial charge on any atom is 0.193 e. The molecule has 6 nitrogen and oxygen atoms in total. The first-order valence-electron chi connectivity index (χ1n) is 10.1. The number of nitrogens with zero attached hydrogens (tertiary/aromatic N) is 2. The molecule has 2 aliphatic rings. The Kier molecular flexibility index (Phi) is 8.23. The van der Waals surface area contributed by atoms with Crippen LogP contribution in [0.25, 0.3) is 0 Å². The number of aliphatic imine (C=N–C) groups is 1. The molecule has 2 aromatic carbocycles. The molecule has 9 heteroatoms. The van der Waals surface area contributed by atoms with Gasteiger partial charge in [-0.15, -0.1) is 24.0 Å². The molecule has 2 unspecified atom stereocenters. The third-order valence-electron chi connectivity index (χ3n) is 5.58. The highest BCUT2D eigenvalue weighted by molar-refractivity contribution is 14.0. The molecule has 0 aliphatic carbocycles. The molecule has 0 aromatic heterocycles. The fourth-order valence-electron chi connectivity index (χ4n) is 4.08. The van der Waals surface area contributed by atoms with E-state index in [1.165, 1.54) is 6.07 Å². The lowest BCUT2D eigenvalue weighted by Crippen LogP contribution is -2.26.